The Balaban J connectivity index is 1.23. The van der Waals surface area contributed by atoms with Gasteiger partial charge in [-0.1, -0.05) is 115 Å². The molecule has 244 valence electrons. The minimum atomic E-state index is 1.13. The lowest BCUT2D eigenvalue weighted by Gasteiger charge is -2.26. The molecule has 0 bridgehead atoms. The Labute approximate surface area is 303 Å². The summed E-state index contributed by atoms with van der Waals surface area (Å²) >= 11 is 0. The van der Waals surface area contributed by atoms with Crippen molar-refractivity contribution in [2.45, 2.75) is 0 Å². The quantitative estimate of drug-likeness (QED) is 0.182. The first-order valence-electron chi connectivity index (χ1n) is 18.4. The summed E-state index contributed by atoms with van der Waals surface area (Å²) in [6.07, 6.45) is 0. The highest BCUT2D eigenvalue weighted by atomic mass is 15.2. The van der Waals surface area contributed by atoms with Crippen LogP contribution in [0.15, 0.2) is 176 Å². The summed E-state index contributed by atoms with van der Waals surface area (Å²) in [7, 11) is 0. The molecule has 4 aromatic heterocycles. The van der Waals surface area contributed by atoms with Crippen molar-refractivity contribution in [1.29, 1.82) is 0 Å². The van der Waals surface area contributed by atoms with E-state index in [4.69, 9.17) is 0 Å². The van der Waals surface area contributed by atoms with Crippen LogP contribution in [0.4, 0.5) is 17.1 Å². The van der Waals surface area contributed by atoms with Crippen molar-refractivity contribution in [1.82, 2.24) is 8.80 Å². The van der Waals surface area contributed by atoms with Crippen molar-refractivity contribution < 1.29 is 0 Å². The topological polar surface area (TPSA) is 12.1 Å². The van der Waals surface area contributed by atoms with Gasteiger partial charge in [0.2, 0.25) is 0 Å². The fraction of sp³-hybridized carbons (Fsp3) is 0. The van der Waals surface area contributed by atoms with Crippen LogP contribution in [0.25, 0.3) is 97.7 Å². The van der Waals surface area contributed by atoms with Crippen LogP contribution in [-0.4, -0.2) is 8.80 Å². The zero-order valence-corrected chi connectivity index (χ0v) is 28.6. The van der Waals surface area contributed by atoms with Crippen LogP contribution in [0.3, 0.4) is 0 Å². The molecule has 0 aliphatic carbocycles. The third-order valence-electron chi connectivity index (χ3n) is 11.9. The van der Waals surface area contributed by atoms with Crippen LogP contribution in [0.5, 0.6) is 0 Å². The molecule has 0 unspecified atom stereocenters. The summed E-state index contributed by atoms with van der Waals surface area (Å²) in [5, 5.41) is 15.5. The van der Waals surface area contributed by atoms with E-state index in [1.165, 1.54) is 97.7 Å². The minimum Gasteiger partial charge on any atom is -0.308 e. The Morgan fingerprint density at radius 1 is 0.302 bits per heavy atom. The average Bonchev–Trinajstić information content (AvgIpc) is 3.93. The van der Waals surface area contributed by atoms with E-state index in [1.54, 1.807) is 0 Å². The van der Waals surface area contributed by atoms with Gasteiger partial charge in [0, 0.05) is 54.5 Å². The summed E-state index contributed by atoms with van der Waals surface area (Å²) < 4.78 is 5.11. The molecule has 0 saturated carbocycles. The number of anilines is 3. The molecule has 0 amide bonds. The van der Waals surface area contributed by atoms with Crippen molar-refractivity contribution >= 4 is 115 Å². The molecular formula is C50H29N3. The first-order chi connectivity index (χ1) is 26.3. The number of nitrogens with zero attached hydrogens (tertiary/aromatic N) is 3. The highest BCUT2D eigenvalue weighted by Gasteiger charge is 2.26. The summed E-state index contributed by atoms with van der Waals surface area (Å²) in [6, 6.07) is 65.0. The van der Waals surface area contributed by atoms with E-state index in [1.807, 2.05) is 0 Å². The lowest BCUT2D eigenvalue weighted by Crippen LogP contribution is -2.10. The molecule has 53 heavy (non-hydrogen) atoms. The molecule has 9 aromatic carbocycles. The predicted molar refractivity (Wildman–Crippen MR) is 225 cm³/mol. The van der Waals surface area contributed by atoms with Crippen LogP contribution in [0.2, 0.25) is 0 Å². The molecule has 0 saturated heterocycles. The van der Waals surface area contributed by atoms with E-state index in [0.29, 0.717) is 0 Å². The fourth-order valence-electron chi connectivity index (χ4n) is 9.73. The molecule has 0 spiro atoms. The Morgan fingerprint density at radius 3 is 1.55 bits per heavy atom. The number of para-hydroxylation sites is 4. The molecule has 0 aliphatic rings. The molecule has 0 aliphatic heterocycles. The summed E-state index contributed by atoms with van der Waals surface area (Å²) in [5.74, 6) is 0. The molecule has 13 aromatic rings. The van der Waals surface area contributed by atoms with E-state index >= 15 is 0 Å². The van der Waals surface area contributed by atoms with Crippen molar-refractivity contribution in [2.75, 3.05) is 4.90 Å². The van der Waals surface area contributed by atoms with E-state index < -0.39 is 0 Å². The predicted octanol–water partition coefficient (Wildman–Crippen LogP) is 13.8. The zero-order valence-electron chi connectivity index (χ0n) is 28.6. The van der Waals surface area contributed by atoms with Crippen LogP contribution in [-0.2, 0) is 0 Å². The maximum atomic E-state index is 2.56. The van der Waals surface area contributed by atoms with Gasteiger partial charge >= 0.3 is 0 Å². The van der Waals surface area contributed by atoms with E-state index in [0.717, 1.165) is 17.1 Å². The lowest BCUT2D eigenvalue weighted by atomic mass is 9.98. The Hall–Kier alpha value is -7.10. The van der Waals surface area contributed by atoms with Crippen molar-refractivity contribution in [3.63, 3.8) is 0 Å². The summed E-state index contributed by atoms with van der Waals surface area (Å²) in [6.45, 7) is 0. The van der Waals surface area contributed by atoms with Gasteiger partial charge in [-0.15, -0.1) is 0 Å². The molecule has 3 heteroatoms. The molecule has 13 rings (SSSR count). The van der Waals surface area contributed by atoms with Gasteiger partial charge in [-0.05, 0) is 82.2 Å². The maximum Gasteiger partial charge on any atom is 0.0782 e. The second-order valence-corrected chi connectivity index (χ2v) is 14.5. The van der Waals surface area contributed by atoms with Crippen LogP contribution in [0.1, 0.15) is 0 Å². The Morgan fingerprint density at radius 2 is 0.811 bits per heavy atom. The molecule has 0 radical (unpaired) electrons. The fourth-order valence-corrected chi connectivity index (χ4v) is 9.73. The first-order valence-corrected chi connectivity index (χ1v) is 18.4. The normalized spacial score (nSPS) is 12.5. The van der Waals surface area contributed by atoms with E-state index in [2.05, 4.69) is 190 Å². The van der Waals surface area contributed by atoms with Crippen molar-refractivity contribution in [2.24, 2.45) is 0 Å². The van der Waals surface area contributed by atoms with E-state index in [-0.39, 0.29) is 0 Å². The number of hydrogen-bond acceptors (Lipinski definition) is 1. The average molecular weight is 672 g/mol. The third-order valence-corrected chi connectivity index (χ3v) is 11.9. The number of benzene rings is 9. The largest absolute Gasteiger partial charge is 0.308 e. The number of fused-ring (bicyclic) bond motifs is 15. The van der Waals surface area contributed by atoms with Crippen LogP contribution in [0, 0.1) is 0 Å². The lowest BCUT2D eigenvalue weighted by molar-refractivity contribution is 1.27. The molecular weight excluding hydrogens is 643 g/mol. The minimum absolute atomic E-state index is 1.13. The van der Waals surface area contributed by atoms with Gasteiger partial charge in [0.1, 0.15) is 0 Å². The van der Waals surface area contributed by atoms with Gasteiger partial charge in [0.15, 0.2) is 0 Å². The van der Waals surface area contributed by atoms with Crippen molar-refractivity contribution in [3.8, 4) is 0 Å². The highest BCUT2D eigenvalue weighted by molar-refractivity contribution is 6.34. The van der Waals surface area contributed by atoms with Crippen LogP contribution >= 0.6 is 0 Å². The second kappa shape index (κ2) is 9.81. The van der Waals surface area contributed by atoms with Gasteiger partial charge in [-0.25, -0.2) is 0 Å². The van der Waals surface area contributed by atoms with Gasteiger partial charge in [0.05, 0.1) is 38.8 Å². The molecule has 3 nitrogen and oxygen atoms in total. The second-order valence-electron chi connectivity index (χ2n) is 14.5. The SMILES string of the molecule is c1ccc(N(c2ccccc2)c2cccc3c4cccc5c6cc7c(cc6n(c23)c54)c2cc3ccccc3c3c4cc5ccccc5cc4n7c23)cc1. The number of aromatic nitrogens is 2. The monoisotopic (exact) mass is 671 g/mol. The first kappa shape index (κ1) is 27.6. The van der Waals surface area contributed by atoms with E-state index in [9.17, 15) is 0 Å². The van der Waals surface area contributed by atoms with Gasteiger partial charge < -0.3 is 13.7 Å². The molecule has 0 atom stereocenters. The summed E-state index contributed by atoms with van der Waals surface area (Å²) in [5.41, 5.74) is 11.0. The standard InChI is InChI=1S/C50H29N3/c1-3-16-33(17-4-1)51(34-18-5-2-6-19-34)43-24-12-23-37-36-21-11-22-38-39-28-45-40(29-46(39)53(48(36)38)49(37)43)41-26-32-15-9-10-20-35(32)47-42-25-30-13-7-8-14-31(30)27-44(42)52(45)50(41)47/h1-29H. The number of rotatable bonds is 3. The number of hydrogen-bond donors (Lipinski definition) is 0. The molecule has 0 fully saturated rings. The zero-order chi connectivity index (χ0) is 34.4. The summed E-state index contributed by atoms with van der Waals surface area (Å²) in [4.78, 5) is 2.41. The van der Waals surface area contributed by atoms with Gasteiger partial charge in [-0.3, -0.25) is 0 Å². The Kier molecular flexibility index (Phi) is 5.11. The van der Waals surface area contributed by atoms with Crippen LogP contribution < -0.4 is 4.90 Å². The Bertz CT molecular complexity index is 3570. The smallest absolute Gasteiger partial charge is 0.0782 e. The molecule has 4 heterocycles. The molecule has 0 N–H and O–H groups in total. The van der Waals surface area contributed by atoms with Gasteiger partial charge in [0.25, 0.3) is 0 Å². The maximum absolute atomic E-state index is 2.56. The van der Waals surface area contributed by atoms with Gasteiger partial charge in [-0.2, -0.15) is 0 Å². The highest BCUT2D eigenvalue weighted by Crippen LogP contribution is 2.49. The van der Waals surface area contributed by atoms with Crippen molar-refractivity contribution in [3.05, 3.63) is 176 Å². The third kappa shape index (κ3) is 3.44.